The summed E-state index contributed by atoms with van der Waals surface area (Å²) in [7, 11) is -3.13. The highest BCUT2D eigenvalue weighted by molar-refractivity contribution is 7.96. The van der Waals surface area contributed by atoms with Crippen molar-refractivity contribution in [1.29, 1.82) is 0 Å². The van der Waals surface area contributed by atoms with Gasteiger partial charge in [0.25, 0.3) is 0 Å². The molecule has 0 aromatic heterocycles. The van der Waals surface area contributed by atoms with Crippen LogP contribution in [0.3, 0.4) is 0 Å². The van der Waals surface area contributed by atoms with Gasteiger partial charge in [-0.15, -0.1) is 0 Å². The predicted molar refractivity (Wildman–Crippen MR) is 72.5 cm³/mol. The Bertz CT molecular complexity index is 686. The van der Waals surface area contributed by atoms with Crippen LogP contribution in [0.1, 0.15) is 16.4 Å². The molecule has 1 heterocycles. The van der Waals surface area contributed by atoms with E-state index < -0.39 is 15.1 Å². The molecule has 90 valence electrons. The molecule has 18 heavy (non-hydrogen) atoms. The number of hydrogen-bond donors (Lipinski definition) is 0. The molecule has 2 aromatic rings. The first-order valence-electron chi connectivity index (χ1n) is 5.74. The molecule has 0 fully saturated rings. The number of rotatable bonds is 2. The van der Waals surface area contributed by atoms with E-state index >= 15 is 0 Å². The Morgan fingerprint density at radius 1 is 0.778 bits per heavy atom. The molecule has 0 N–H and O–H groups in total. The Morgan fingerprint density at radius 3 is 1.89 bits per heavy atom. The lowest BCUT2D eigenvalue weighted by molar-refractivity contribution is 0.596. The first-order valence-corrected chi connectivity index (χ1v) is 7.35. The molecule has 0 bridgehead atoms. The minimum absolute atomic E-state index is 0.513. The quantitative estimate of drug-likeness (QED) is 0.827. The Morgan fingerprint density at radius 2 is 1.33 bits per heavy atom. The molecule has 0 amide bonds. The molecule has 0 aliphatic carbocycles. The highest BCUT2D eigenvalue weighted by atomic mass is 32.2. The zero-order valence-electron chi connectivity index (χ0n) is 9.65. The van der Waals surface area contributed by atoms with E-state index in [1.807, 2.05) is 60.7 Å². The first kappa shape index (κ1) is 11.2. The molecule has 2 aromatic carbocycles. The van der Waals surface area contributed by atoms with Gasteiger partial charge in [-0.1, -0.05) is 60.7 Å². The number of benzene rings is 2. The number of hydrogen-bond acceptors (Lipinski definition) is 2. The summed E-state index contributed by atoms with van der Waals surface area (Å²) < 4.78 is 23.9. The van der Waals surface area contributed by atoms with Gasteiger partial charge in [0, 0.05) is 5.41 Å². The lowest BCUT2D eigenvalue weighted by Gasteiger charge is -2.27. The highest BCUT2D eigenvalue weighted by Gasteiger charge is 2.38. The van der Waals surface area contributed by atoms with Crippen LogP contribution >= 0.6 is 0 Å². The van der Waals surface area contributed by atoms with Gasteiger partial charge in [0.1, 0.15) is 5.25 Å². The van der Waals surface area contributed by atoms with Gasteiger partial charge >= 0.3 is 0 Å². The summed E-state index contributed by atoms with van der Waals surface area (Å²) in [4.78, 5) is 0. The molecule has 2 nitrogen and oxygen atoms in total. The normalized spacial score (nSPS) is 20.9. The maximum atomic E-state index is 11.9. The van der Waals surface area contributed by atoms with Gasteiger partial charge in [0.2, 0.25) is 0 Å². The van der Waals surface area contributed by atoms with E-state index in [1.54, 1.807) is 0 Å². The van der Waals surface area contributed by atoms with Crippen LogP contribution in [0.15, 0.2) is 66.1 Å². The summed E-state index contributed by atoms with van der Waals surface area (Å²) in [5, 5.41) is 0.862. The Labute approximate surface area is 107 Å². The van der Waals surface area contributed by atoms with E-state index in [-0.39, 0.29) is 0 Å². The smallest absolute Gasteiger partial charge is 0.183 e. The van der Waals surface area contributed by atoms with Crippen LogP contribution in [0.25, 0.3) is 5.57 Å². The molecule has 1 aliphatic rings. The van der Waals surface area contributed by atoms with Gasteiger partial charge in [-0.05, 0) is 16.7 Å². The largest absolute Gasteiger partial charge is 0.223 e. The zero-order valence-corrected chi connectivity index (χ0v) is 10.5. The Hall–Kier alpha value is -1.87. The third-order valence-electron chi connectivity index (χ3n) is 3.11. The van der Waals surface area contributed by atoms with Crippen molar-refractivity contribution < 1.29 is 8.42 Å². The third-order valence-corrected chi connectivity index (χ3v) is 4.88. The van der Waals surface area contributed by atoms with Crippen LogP contribution < -0.4 is 0 Å². The molecule has 0 saturated carbocycles. The fourth-order valence-corrected chi connectivity index (χ4v) is 3.89. The molecule has 0 saturated heterocycles. The summed E-state index contributed by atoms with van der Waals surface area (Å²) in [5.41, 5.74) is 2.68. The van der Waals surface area contributed by atoms with E-state index in [2.05, 4.69) is 0 Å². The van der Waals surface area contributed by atoms with E-state index in [0.29, 0.717) is 0 Å². The van der Waals surface area contributed by atoms with E-state index in [9.17, 15) is 8.42 Å². The third kappa shape index (κ3) is 1.77. The van der Waals surface area contributed by atoms with Crippen LogP contribution in [0.5, 0.6) is 0 Å². The minimum Gasteiger partial charge on any atom is -0.223 e. The zero-order chi connectivity index (χ0) is 12.6. The molecule has 1 atom stereocenters. The van der Waals surface area contributed by atoms with Gasteiger partial charge in [-0.25, -0.2) is 8.42 Å². The molecule has 0 unspecified atom stereocenters. The summed E-state index contributed by atoms with van der Waals surface area (Å²) in [5.74, 6) is 0. The second kappa shape index (κ2) is 4.10. The van der Waals surface area contributed by atoms with Crippen LogP contribution in [-0.4, -0.2) is 8.42 Å². The SMILES string of the molecule is O=S1(=O)C=C(c2ccccc2)[C@H]1c1ccccc1. The van der Waals surface area contributed by atoms with E-state index in [4.69, 9.17) is 0 Å². The van der Waals surface area contributed by atoms with Crippen LogP contribution in [0.2, 0.25) is 0 Å². The summed E-state index contributed by atoms with van der Waals surface area (Å²) in [6.45, 7) is 0. The van der Waals surface area contributed by atoms with E-state index in [1.165, 1.54) is 5.41 Å². The molecule has 0 spiro atoms. The first-order chi connectivity index (χ1) is 8.68. The molecule has 3 rings (SSSR count). The summed E-state index contributed by atoms with van der Waals surface area (Å²) >= 11 is 0. The van der Waals surface area contributed by atoms with Crippen molar-refractivity contribution in [2.45, 2.75) is 5.25 Å². The van der Waals surface area contributed by atoms with Crippen LogP contribution in [-0.2, 0) is 9.84 Å². The lowest BCUT2D eigenvalue weighted by Crippen LogP contribution is -2.22. The van der Waals surface area contributed by atoms with Crippen molar-refractivity contribution in [3.63, 3.8) is 0 Å². The molecule has 1 aliphatic heterocycles. The average Bonchev–Trinajstić information content (AvgIpc) is 2.38. The summed E-state index contributed by atoms with van der Waals surface area (Å²) in [6, 6.07) is 19.0. The van der Waals surface area contributed by atoms with Crippen molar-refractivity contribution >= 4 is 15.4 Å². The van der Waals surface area contributed by atoms with E-state index in [0.717, 1.165) is 16.7 Å². The van der Waals surface area contributed by atoms with Gasteiger partial charge in [0.05, 0.1) is 0 Å². The van der Waals surface area contributed by atoms with Gasteiger partial charge < -0.3 is 0 Å². The maximum Gasteiger partial charge on any atom is 0.183 e. The molecular weight excluding hydrogens is 244 g/mol. The Kier molecular flexibility index (Phi) is 2.56. The predicted octanol–water partition coefficient (Wildman–Crippen LogP) is 3.20. The van der Waals surface area contributed by atoms with Crippen molar-refractivity contribution in [2.75, 3.05) is 0 Å². The van der Waals surface area contributed by atoms with Crippen LogP contribution in [0, 0.1) is 0 Å². The lowest BCUT2D eigenvalue weighted by atomic mass is 9.98. The van der Waals surface area contributed by atoms with Crippen LogP contribution in [0.4, 0.5) is 0 Å². The fraction of sp³-hybridized carbons (Fsp3) is 0.0667. The maximum absolute atomic E-state index is 11.9. The summed E-state index contributed by atoms with van der Waals surface area (Å²) in [6.07, 6.45) is 0. The molecule has 3 heteroatoms. The van der Waals surface area contributed by atoms with Crippen molar-refractivity contribution in [1.82, 2.24) is 0 Å². The highest BCUT2D eigenvalue weighted by Crippen LogP contribution is 2.45. The minimum atomic E-state index is -3.13. The second-order valence-corrected chi connectivity index (χ2v) is 6.20. The van der Waals surface area contributed by atoms with Crippen molar-refractivity contribution in [3.05, 3.63) is 77.2 Å². The number of sulfone groups is 1. The van der Waals surface area contributed by atoms with Crippen molar-refractivity contribution in [2.24, 2.45) is 0 Å². The molecule has 0 radical (unpaired) electrons. The molecular formula is C15H12O2S. The monoisotopic (exact) mass is 256 g/mol. The topological polar surface area (TPSA) is 34.1 Å². The Balaban J connectivity index is 2.08. The van der Waals surface area contributed by atoms with Gasteiger partial charge in [0.15, 0.2) is 9.84 Å². The van der Waals surface area contributed by atoms with Gasteiger partial charge in [-0.2, -0.15) is 0 Å². The van der Waals surface area contributed by atoms with Gasteiger partial charge in [-0.3, -0.25) is 0 Å². The average molecular weight is 256 g/mol. The fourth-order valence-electron chi connectivity index (χ4n) is 2.26. The second-order valence-electron chi connectivity index (χ2n) is 4.32. The van der Waals surface area contributed by atoms with Crippen molar-refractivity contribution in [3.8, 4) is 0 Å². The standard InChI is InChI=1S/C15H12O2S/c16-18(17)11-14(12-7-3-1-4-8-12)15(18)13-9-5-2-6-10-13/h1-11,15H/t15-/m1/s1.